The first-order valence-electron chi connectivity index (χ1n) is 4.16. The lowest BCUT2D eigenvalue weighted by Crippen LogP contribution is -2.35. The summed E-state index contributed by atoms with van der Waals surface area (Å²) in [4.78, 5) is 10.8. The molecule has 0 aromatic heterocycles. The Balaban J connectivity index is 3.82. The summed E-state index contributed by atoms with van der Waals surface area (Å²) in [5.74, 6) is -0.751. The number of aliphatic hydroxyl groups is 2. The first-order valence-corrected chi connectivity index (χ1v) is 4.16. The van der Waals surface area contributed by atoms with E-state index in [0.717, 1.165) is 6.42 Å². The summed E-state index contributed by atoms with van der Waals surface area (Å²) in [5, 5.41) is 18.3. The summed E-state index contributed by atoms with van der Waals surface area (Å²) >= 11 is 0. The number of carbonyl (C=O) groups excluding carboxylic acids is 1. The second-order valence-corrected chi connectivity index (χ2v) is 2.55. The molecule has 12 heavy (non-hydrogen) atoms. The van der Waals surface area contributed by atoms with E-state index in [0.29, 0.717) is 6.42 Å². The van der Waals surface area contributed by atoms with Crippen molar-refractivity contribution in [2.75, 3.05) is 6.61 Å². The van der Waals surface area contributed by atoms with Crippen LogP contribution < -0.4 is 0 Å². The third kappa shape index (κ3) is 3.69. The van der Waals surface area contributed by atoms with Gasteiger partial charge in [0.15, 0.2) is 6.10 Å². The van der Waals surface area contributed by atoms with E-state index in [1.807, 2.05) is 6.92 Å². The van der Waals surface area contributed by atoms with E-state index in [2.05, 4.69) is 4.74 Å². The van der Waals surface area contributed by atoms with Gasteiger partial charge in [0.2, 0.25) is 0 Å². The van der Waals surface area contributed by atoms with Gasteiger partial charge in [-0.25, -0.2) is 4.79 Å². The molecule has 4 heteroatoms. The van der Waals surface area contributed by atoms with Crippen molar-refractivity contribution in [3.8, 4) is 0 Å². The van der Waals surface area contributed by atoms with Gasteiger partial charge in [-0.2, -0.15) is 0 Å². The van der Waals surface area contributed by atoms with Crippen LogP contribution in [0, 0.1) is 0 Å². The van der Waals surface area contributed by atoms with Crippen LogP contribution in [0.2, 0.25) is 0 Å². The van der Waals surface area contributed by atoms with Gasteiger partial charge >= 0.3 is 5.97 Å². The highest BCUT2D eigenvalue weighted by molar-refractivity contribution is 5.75. The molecule has 0 saturated heterocycles. The van der Waals surface area contributed by atoms with Crippen LogP contribution in [0.1, 0.15) is 26.7 Å². The van der Waals surface area contributed by atoms with Crippen molar-refractivity contribution < 1.29 is 19.7 Å². The lowest BCUT2D eigenvalue weighted by molar-refractivity contribution is -0.159. The number of carbonyl (C=O) groups is 1. The molecule has 0 aliphatic carbocycles. The van der Waals surface area contributed by atoms with E-state index < -0.39 is 18.2 Å². The van der Waals surface area contributed by atoms with Crippen LogP contribution in [-0.4, -0.2) is 35.0 Å². The van der Waals surface area contributed by atoms with Crippen molar-refractivity contribution in [1.29, 1.82) is 0 Å². The average molecular weight is 176 g/mol. The molecular formula is C8H16O4. The Morgan fingerprint density at radius 1 is 1.42 bits per heavy atom. The van der Waals surface area contributed by atoms with Gasteiger partial charge in [-0.05, 0) is 13.3 Å². The highest BCUT2D eigenvalue weighted by atomic mass is 16.5. The molecule has 0 heterocycles. The smallest absolute Gasteiger partial charge is 0.337 e. The fourth-order valence-electron chi connectivity index (χ4n) is 0.838. The summed E-state index contributed by atoms with van der Waals surface area (Å²) in [6.45, 7) is 3.73. The second-order valence-electron chi connectivity index (χ2n) is 2.55. The number of ether oxygens (including phenoxy) is 1. The minimum atomic E-state index is -1.40. The zero-order valence-electron chi connectivity index (χ0n) is 7.49. The fraction of sp³-hybridized carbons (Fsp3) is 0.875. The number of esters is 1. The zero-order chi connectivity index (χ0) is 9.56. The Morgan fingerprint density at radius 2 is 2.00 bits per heavy atom. The monoisotopic (exact) mass is 176 g/mol. The standard InChI is InChI=1S/C8H16O4/c1-3-5-6(9)7(10)8(11)12-4-2/h6-7,9-10H,3-5H2,1-2H3/t6-,7+/m0/s1. The van der Waals surface area contributed by atoms with Crippen molar-refractivity contribution in [3.05, 3.63) is 0 Å². The number of hydrogen-bond donors (Lipinski definition) is 2. The van der Waals surface area contributed by atoms with Gasteiger partial charge in [0.25, 0.3) is 0 Å². The normalized spacial score (nSPS) is 15.3. The summed E-state index contributed by atoms with van der Waals surface area (Å²) < 4.78 is 4.52. The Hall–Kier alpha value is -0.610. The second kappa shape index (κ2) is 5.97. The van der Waals surface area contributed by atoms with Gasteiger partial charge in [0.1, 0.15) is 0 Å². The van der Waals surface area contributed by atoms with E-state index in [-0.39, 0.29) is 6.61 Å². The molecule has 2 N–H and O–H groups in total. The maximum Gasteiger partial charge on any atom is 0.337 e. The topological polar surface area (TPSA) is 66.8 Å². The molecule has 0 aliphatic rings. The van der Waals surface area contributed by atoms with Gasteiger partial charge < -0.3 is 14.9 Å². The average Bonchev–Trinajstić information content (AvgIpc) is 2.04. The number of aliphatic hydroxyl groups excluding tert-OH is 2. The van der Waals surface area contributed by atoms with Crippen molar-refractivity contribution in [3.63, 3.8) is 0 Å². The predicted octanol–water partition coefficient (Wildman–Crippen LogP) is 0.0714. The molecule has 0 rings (SSSR count). The molecular weight excluding hydrogens is 160 g/mol. The summed E-state index contributed by atoms with van der Waals surface area (Å²) in [6.07, 6.45) is -1.28. The Bertz CT molecular complexity index is 135. The van der Waals surface area contributed by atoms with Crippen LogP contribution in [0.25, 0.3) is 0 Å². The minimum Gasteiger partial charge on any atom is -0.464 e. The first kappa shape index (κ1) is 11.4. The predicted molar refractivity (Wildman–Crippen MR) is 43.6 cm³/mol. The molecule has 0 aromatic carbocycles. The van der Waals surface area contributed by atoms with Gasteiger partial charge in [-0.15, -0.1) is 0 Å². The molecule has 0 radical (unpaired) electrons. The molecule has 0 bridgehead atoms. The quantitative estimate of drug-likeness (QED) is 0.582. The molecule has 72 valence electrons. The first-order chi connectivity index (χ1) is 5.63. The summed E-state index contributed by atoms with van der Waals surface area (Å²) in [5.41, 5.74) is 0. The summed E-state index contributed by atoms with van der Waals surface area (Å²) in [7, 11) is 0. The van der Waals surface area contributed by atoms with Crippen molar-refractivity contribution in [2.24, 2.45) is 0 Å². The van der Waals surface area contributed by atoms with Gasteiger partial charge in [0.05, 0.1) is 12.7 Å². The Labute approximate surface area is 72.2 Å². The van der Waals surface area contributed by atoms with Crippen LogP contribution in [0.5, 0.6) is 0 Å². The number of hydrogen-bond acceptors (Lipinski definition) is 4. The lowest BCUT2D eigenvalue weighted by Gasteiger charge is -2.14. The maximum atomic E-state index is 10.8. The molecule has 0 aromatic rings. The van der Waals surface area contributed by atoms with E-state index in [1.165, 1.54) is 0 Å². The fourth-order valence-corrected chi connectivity index (χ4v) is 0.838. The van der Waals surface area contributed by atoms with E-state index in [9.17, 15) is 4.79 Å². The third-order valence-electron chi connectivity index (χ3n) is 1.48. The molecule has 4 nitrogen and oxygen atoms in total. The molecule has 0 amide bonds. The third-order valence-corrected chi connectivity index (χ3v) is 1.48. The van der Waals surface area contributed by atoms with Gasteiger partial charge in [-0.3, -0.25) is 0 Å². The number of rotatable bonds is 5. The highest BCUT2D eigenvalue weighted by Gasteiger charge is 2.24. The minimum absolute atomic E-state index is 0.217. The Morgan fingerprint density at radius 3 is 2.42 bits per heavy atom. The van der Waals surface area contributed by atoms with Crippen LogP contribution in [0.15, 0.2) is 0 Å². The lowest BCUT2D eigenvalue weighted by atomic mass is 10.1. The molecule has 0 spiro atoms. The van der Waals surface area contributed by atoms with E-state index in [1.54, 1.807) is 6.92 Å². The molecule has 0 fully saturated rings. The molecule has 0 saturated carbocycles. The van der Waals surface area contributed by atoms with Gasteiger partial charge in [-0.1, -0.05) is 13.3 Å². The largest absolute Gasteiger partial charge is 0.464 e. The SMILES string of the molecule is CCC[C@H](O)[C@@H](O)C(=O)OCC. The van der Waals surface area contributed by atoms with Crippen molar-refractivity contribution in [2.45, 2.75) is 38.9 Å². The Kier molecular flexibility index (Phi) is 5.66. The van der Waals surface area contributed by atoms with E-state index in [4.69, 9.17) is 10.2 Å². The van der Waals surface area contributed by atoms with Gasteiger partial charge in [0, 0.05) is 0 Å². The van der Waals surface area contributed by atoms with Crippen LogP contribution >= 0.6 is 0 Å². The highest BCUT2D eigenvalue weighted by Crippen LogP contribution is 2.03. The molecule has 0 unspecified atom stereocenters. The van der Waals surface area contributed by atoms with E-state index >= 15 is 0 Å². The van der Waals surface area contributed by atoms with Crippen LogP contribution in [0.4, 0.5) is 0 Å². The van der Waals surface area contributed by atoms with Crippen molar-refractivity contribution >= 4 is 5.97 Å². The van der Waals surface area contributed by atoms with Crippen LogP contribution in [0.3, 0.4) is 0 Å². The molecule has 2 atom stereocenters. The molecule has 0 aliphatic heterocycles. The summed E-state index contributed by atoms with van der Waals surface area (Å²) in [6, 6.07) is 0. The zero-order valence-corrected chi connectivity index (χ0v) is 7.49. The maximum absolute atomic E-state index is 10.8. The van der Waals surface area contributed by atoms with Crippen LogP contribution in [-0.2, 0) is 9.53 Å². The van der Waals surface area contributed by atoms with Crippen molar-refractivity contribution in [1.82, 2.24) is 0 Å².